The Kier molecular flexibility index (Phi) is 5.88. The standard InChI is InChI=1S/C15H22N4O5/c1-10-16-9-13(19(22)23)18(10)7-8-24-15(21)14(17-11(2)20)12-5-3-4-6-12/h9,12,14H,3-8H2,1-2H3,(H,17,20). The SMILES string of the molecule is CC(=O)NC(C(=O)OCCn1c([N+](=O)[O-])cnc1C)C1CCCC1. The highest BCUT2D eigenvalue weighted by molar-refractivity contribution is 5.83. The van der Waals surface area contributed by atoms with Gasteiger partial charge < -0.3 is 20.2 Å². The van der Waals surface area contributed by atoms with E-state index >= 15 is 0 Å². The molecule has 1 atom stereocenters. The van der Waals surface area contributed by atoms with Crippen LogP contribution in [0.1, 0.15) is 38.4 Å². The quantitative estimate of drug-likeness (QED) is 0.455. The number of ether oxygens (including phenoxy) is 1. The van der Waals surface area contributed by atoms with Gasteiger partial charge in [-0.1, -0.05) is 12.8 Å². The zero-order valence-corrected chi connectivity index (χ0v) is 13.9. The molecule has 0 saturated heterocycles. The van der Waals surface area contributed by atoms with Crippen LogP contribution in [0.5, 0.6) is 0 Å². The van der Waals surface area contributed by atoms with E-state index in [0.717, 1.165) is 25.7 Å². The number of esters is 1. The van der Waals surface area contributed by atoms with Crippen LogP contribution < -0.4 is 5.32 Å². The van der Waals surface area contributed by atoms with Gasteiger partial charge in [0.05, 0.1) is 0 Å². The first-order valence-electron chi connectivity index (χ1n) is 8.00. The molecule has 0 aliphatic heterocycles. The molecule has 1 N–H and O–H groups in total. The van der Waals surface area contributed by atoms with Crippen LogP contribution in [0.15, 0.2) is 6.20 Å². The lowest BCUT2D eigenvalue weighted by Gasteiger charge is -2.22. The number of carbonyl (C=O) groups is 2. The predicted molar refractivity (Wildman–Crippen MR) is 84.1 cm³/mol. The summed E-state index contributed by atoms with van der Waals surface area (Å²) in [4.78, 5) is 37.9. The fourth-order valence-electron chi connectivity index (χ4n) is 3.08. The minimum atomic E-state index is -0.649. The van der Waals surface area contributed by atoms with Gasteiger partial charge in [0.2, 0.25) is 5.91 Å². The Bertz CT molecular complexity index is 621. The molecule has 0 spiro atoms. The molecule has 1 aromatic heterocycles. The van der Waals surface area contributed by atoms with E-state index in [-0.39, 0.29) is 30.8 Å². The van der Waals surface area contributed by atoms with Gasteiger partial charge in [-0.2, -0.15) is 0 Å². The maximum atomic E-state index is 12.3. The van der Waals surface area contributed by atoms with Crippen LogP contribution in [0.25, 0.3) is 0 Å². The number of aromatic nitrogens is 2. The minimum absolute atomic E-state index is 0.0142. The second kappa shape index (κ2) is 7.89. The molecule has 1 aromatic rings. The van der Waals surface area contributed by atoms with Gasteiger partial charge in [-0.3, -0.25) is 4.79 Å². The molecular weight excluding hydrogens is 316 g/mol. The van der Waals surface area contributed by atoms with Crippen LogP contribution >= 0.6 is 0 Å². The summed E-state index contributed by atoms with van der Waals surface area (Å²) in [6.07, 6.45) is 5.01. The van der Waals surface area contributed by atoms with Crippen LogP contribution in [-0.4, -0.2) is 39.0 Å². The monoisotopic (exact) mass is 338 g/mol. The second-order valence-electron chi connectivity index (χ2n) is 5.96. The molecule has 1 aliphatic rings. The largest absolute Gasteiger partial charge is 0.460 e. The van der Waals surface area contributed by atoms with Crippen molar-refractivity contribution in [2.45, 2.75) is 52.1 Å². The number of rotatable bonds is 7. The van der Waals surface area contributed by atoms with E-state index in [2.05, 4.69) is 10.3 Å². The van der Waals surface area contributed by atoms with E-state index in [1.807, 2.05) is 0 Å². The highest BCUT2D eigenvalue weighted by atomic mass is 16.6. The number of aryl methyl sites for hydroxylation is 1. The summed E-state index contributed by atoms with van der Waals surface area (Å²) in [5.41, 5.74) is 0. The van der Waals surface area contributed by atoms with Gasteiger partial charge in [0, 0.05) is 13.8 Å². The third-order valence-corrected chi connectivity index (χ3v) is 4.26. The zero-order chi connectivity index (χ0) is 17.7. The Labute approximate surface area is 139 Å². The topological polar surface area (TPSA) is 116 Å². The number of nitro groups is 1. The highest BCUT2D eigenvalue weighted by Gasteiger charge is 2.32. The molecule has 1 amide bonds. The molecule has 1 aliphatic carbocycles. The van der Waals surface area contributed by atoms with E-state index in [0.29, 0.717) is 5.82 Å². The van der Waals surface area contributed by atoms with Crippen molar-refractivity contribution in [1.82, 2.24) is 14.9 Å². The molecule has 1 heterocycles. The van der Waals surface area contributed by atoms with E-state index in [1.54, 1.807) is 6.92 Å². The van der Waals surface area contributed by atoms with E-state index in [4.69, 9.17) is 4.74 Å². The van der Waals surface area contributed by atoms with Crippen molar-refractivity contribution in [3.63, 3.8) is 0 Å². The molecule has 9 heteroatoms. The van der Waals surface area contributed by atoms with Crippen molar-refractivity contribution >= 4 is 17.7 Å². The van der Waals surface area contributed by atoms with Crippen molar-refractivity contribution in [3.05, 3.63) is 22.1 Å². The Morgan fingerprint density at radius 2 is 2.17 bits per heavy atom. The van der Waals surface area contributed by atoms with Gasteiger partial charge in [0.25, 0.3) is 0 Å². The van der Waals surface area contributed by atoms with E-state index in [9.17, 15) is 19.7 Å². The maximum absolute atomic E-state index is 12.3. The lowest BCUT2D eigenvalue weighted by Crippen LogP contribution is -2.45. The number of imidazole rings is 1. The Morgan fingerprint density at radius 3 is 2.75 bits per heavy atom. The average Bonchev–Trinajstić information content (AvgIpc) is 3.15. The van der Waals surface area contributed by atoms with Crippen molar-refractivity contribution in [2.75, 3.05) is 6.61 Å². The van der Waals surface area contributed by atoms with Crippen LogP contribution in [0.3, 0.4) is 0 Å². The van der Waals surface area contributed by atoms with Crippen molar-refractivity contribution in [3.8, 4) is 0 Å². The van der Waals surface area contributed by atoms with Gasteiger partial charge in [0.1, 0.15) is 25.4 Å². The molecule has 9 nitrogen and oxygen atoms in total. The van der Waals surface area contributed by atoms with Gasteiger partial charge in [0.15, 0.2) is 5.82 Å². The third kappa shape index (κ3) is 4.30. The first kappa shape index (κ1) is 17.9. The summed E-state index contributed by atoms with van der Waals surface area (Å²) in [5.74, 6) is -0.335. The van der Waals surface area contributed by atoms with Crippen LogP contribution in [-0.2, 0) is 20.9 Å². The first-order valence-corrected chi connectivity index (χ1v) is 8.00. The molecule has 0 aromatic carbocycles. The smallest absolute Gasteiger partial charge is 0.342 e. The number of nitrogens with one attached hydrogen (secondary N) is 1. The van der Waals surface area contributed by atoms with E-state index in [1.165, 1.54) is 17.7 Å². The van der Waals surface area contributed by atoms with Gasteiger partial charge in [-0.05, 0) is 23.7 Å². The first-order chi connectivity index (χ1) is 11.4. The Balaban J connectivity index is 1.94. The molecule has 1 unspecified atom stereocenters. The summed E-state index contributed by atoms with van der Waals surface area (Å²) in [5, 5.41) is 13.6. The van der Waals surface area contributed by atoms with Crippen molar-refractivity contribution in [1.29, 1.82) is 0 Å². The van der Waals surface area contributed by atoms with Gasteiger partial charge in [-0.25, -0.2) is 14.3 Å². The van der Waals surface area contributed by atoms with Gasteiger partial charge >= 0.3 is 11.8 Å². The average molecular weight is 338 g/mol. The molecule has 1 saturated carbocycles. The summed E-state index contributed by atoms with van der Waals surface area (Å²) in [6.45, 7) is 3.14. The summed E-state index contributed by atoms with van der Waals surface area (Å²) < 4.78 is 6.64. The zero-order valence-electron chi connectivity index (χ0n) is 13.9. The van der Waals surface area contributed by atoms with Crippen LogP contribution in [0, 0.1) is 23.0 Å². The third-order valence-electron chi connectivity index (χ3n) is 4.26. The summed E-state index contributed by atoms with van der Waals surface area (Å²) >= 11 is 0. The number of nitrogens with zero attached hydrogens (tertiary/aromatic N) is 3. The molecule has 0 radical (unpaired) electrons. The van der Waals surface area contributed by atoms with Crippen LogP contribution in [0.2, 0.25) is 0 Å². The lowest BCUT2D eigenvalue weighted by atomic mass is 9.98. The van der Waals surface area contributed by atoms with Gasteiger partial charge in [-0.15, -0.1) is 0 Å². The highest BCUT2D eigenvalue weighted by Crippen LogP contribution is 2.28. The normalized spacial score (nSPS) is 15.9. The molecule has 132 valence electrons. The number of hydrogen-bond donors (Lipinski definition) is 1. The fraction of sp³-hybridized carbons (Fsp3) is 0.667. The molecule has 24 heavy (non-hydrogen) atoms. The molecule has 0 bridgehead atoms. The number of hydrogen-bond acceptors (Lipinski definition) is 6. The fourth-order valence-corrected chi connectivity index (χ4v) is 3.08. The molecule has 1 fully saturated rings. The Hall–Kier alpha value is -2.45. The number of amides is 1. The lowest BCUT2D eigenvalue weighted by molar-refractivity contribution is -0.392. The number of carbonyl (C=O) groups excluding carboxylic acids is 2. The molecular formula is C15H22N4O5. The van der Waals surface area contributed by atoms with Crippen LogP contribution in [0.4, 0.5) is 5.82 Å². The summed E-state index contributed by atoms with van der Waals surface area (Å²) in [6, 6.07) is -0.649. The minimum Gasteiger partial charge on any atom is -0.460 e. The summed E-state index contributed by atoms with van der Waals surface area (Å²) in [7, 11) is 0. The van der Waals surface area contributed by atoms with Crippen molar-refractivity contribution in [2.24, 2.45) is 5.92 Å². The second-order valence-corrected chi connectivity index (χ2v) is 5.96. The maximum Gasteiger partial charge on any atom is 0.342 e. The predicted octanol–water partition coefficient (Wildman–Crippen LogP) is 1.34. The van der Waals surface area contributed by atoms with E-state index < -0.39 is 16.9 Å². The Morgan fingerprint density at radius 1 is 1.50 bits per heavy atom. The van der Waals surface area contributed by atoms with Crippen molar-refractivity contribution < 1.29 is 19.2 Å². The molecule has 2 rings (SSSR count).